The number of fused-ring (bicyclic) bond motifs is 12. The Morgan fingerprint density at radius 2 is 0.500 bits per heavy atom. The van der Waals surface area contributed by atoms with Gasteiger partial charge in [0.2, 0.25) is 11.8 Å². The predicted octanol–water partition coefficient (Wildman–Crippen LogP) is 24.9. The van der Waals surface area contributed by atoms with Gasteiger partial charge in [-0.2, -0.15) is 0 Å². The first-order chi connectivity index (χ1) is 48.4. The van der Waals surface area contributed by atoms with E-state index in [1.165, 1.54) is 143 Å². The van der Waals surface area contributed by atoms with Crippen molar-refractivity contribution in [3.63, 3.8) is 0 Å². The zero-order valence-electron chi connectivity index (χ0n) is 54.0. The van der Waals surface area contributed by atoms with Crippen molar-refractivity contribution < 1.29 is 8.83 Å². The average Bonchev–Trinajstić information content (AvgIpc) is 1.51. The SMILES string of the molecule is CC1(C)c2cc(-c3nc4ccccc4o3)ccc2-c2ccc(-c3c4ccccc4c(-c4ccccc4)c4ccccc34)cc21.c1ccc(-c2c3ccccc3c(-c3ccc4c(c3)C(c3ccccc3)(c3ccccc3)c3cc(-c5nc6ccccc6o5)ccc3-4)c3ccccc23)cc1. The van der Waals surface area contributed by atoms with Crippen molar-refractivity contribution in [2.45, 2.75) is 24.7 Å². The fraction of sp³-hybridized carbons (Fsp3) is 0.0426. The number of hydrogen-bond donors (Lipinski definition) is 0. The van der Waals surface area contributed by atoms with Crippen LogP contribution >= 0.6 is 0 Å². The molecule has 4 nitrogen and oxygen atoms in total. The molecule has 0 unspecified atom stereocenters. The summed E-state index contributed by atoms with van der Waals surface area (Å²) < 4.78 is 12.5. The third-order valence-corrected chi connectivity index (χ3v) is 20.9. The van der Waals surface area contributed by atoms with Crippen molar-refractivity contribution in [3.05, 3.63) is 373 Å². The number of para-hydroxylation sites is 4. The highest BCUT2D eigenvalue weighted by molar-refractivity contribution is 6.23. The number of benzene rings is 16. The minimum Gasteiger partial charge on any atom is -0.436 e. The van der Waals surface area contributed by atoms with Crippen LogP contribution in [-0.4, -0.2) is 9.97 Å². The molecule has 460 valence electrons. The number of rotatable bonds is 8. The molecule has 0 spiro atoms. The molecule has 0 amide bonds. The summed E-state index contributed by atoms with van der Waals surface area (Å²) in [4.78, 5) is 9.70. The van der Waals surface area contributed by atoms with Crippen LogP contribution in [0.2, 0.25) is 0 Å². The predicted molar refractivity (Wildman–Crippen MR) is 406 cm³/mol. The van der Waals surface area contributed by atoms with E-state index in [1.54, 1.807) is 0 Å². The summed E-state index contributed by atoms with van der Waals surface area (Å²) in [6.45, 7) is 4.68. The van der Waals surface area contributed by atoms with E-state index in [1.807, 2.05) is 48.5 Å². The molecule has 4 heteroatoms. The maximum Gasteiger partial charge on any atom is 0.227 e. The fourth-order valence-corrected chi connectivity index (χ4v) is 16.5. The van der Waals surface area contributed by atoms with Crippen LogP contribution in [0.1, 0.15) is 47.2 Å². The van der Waals surface area contributed by atoms with Crippen LogP contribution in [0.15, 0.2) is 349 Å². The molecule has 0 aliphatic heterocycles. The topological polar surface area (TPSA) is 52.1 Å². The second-order valence-electron chi connectivity index (χ2n) is 26.5. The van der Waals surface area contributed by atoms with Crippen LogP contribution < -0.4 is 0 Å². The van der Waals surface area contributed by atoms with E-state index in [0.717, 1.165) is 33.3 Å². The molecule has 2 aliphatic carbocycles. The fourth-order valence-electron chi connectivity index (χ4n) is 16.5. The Morgan fingerprint density at radius 1 is 0.235 bits per heavy atom. The molecular weight excluding hydrogens is 1190 g/mol. The number of aromatic nitrogens is 2. The molecule has 20 rings (SSSR count). The summed E-state index contributed by atoms with van der Waals surface area (Å²) in [5.74, 6) is 1.29. The van der Waals surface area contributed by atoms with Crippen molar-refractivity contribution in [2.75, 3.05) is 0 Å². The summed E-state index contributed by atoms with van der Waals surface area (Å²) in [7, 11) is 0. The molecular formula is C94H62N2O2. The van der Waals surface area contributed by atoms with Crippen molar-refractivity contribution >= 4 is 65.3 Å². The lowest BCUT2D eigenvalue weighted by Crippen LogP contribution is -2.28. The number of nitrogens with zero attached hydrogens (tertiary/aromatic N) is 2. The van der Waals surface area contributed by atoms with Gasteiger partial charge < -0.3 is 8.83 Å². The van der Waals surface area contributed by atoms with Crippen LogP contribution in [0.5, 0.6) is 0 Å². The van der Waals surface area contributed by atoms with Gasteiger partial charge in [0.1, 0.15) is 11.0 Å². The third kappa shape index (κ3) is 8.84. The van der Waals surface area contributed by atoms with Gasteiger partial charge in [0.25, 0.3) is 0 Å². The number of oxazole rings is 2. The highest BCUT2D eigenvalue weighted by atomic mass is 16.4. The molecule has 0 N–H and O–H groups in total. The first-order valence-corrected chi connectivity index (χ1v) is 33.8. The quantitative estimate of drug-likeness (QED) is 0.142. The molecule has 2 aromatic heterocycles. The lowest BCUT2D eigenvalue weighted by atomic mass is 9.67. The van der Waals surface area contributed by atoms with Crippen LogP contribution in [0.25, 0.3) is 155 Å². The average molecular weight is 1250 g/mol. The van der Waals surface area contributed by atoms with Crippen molar-refractivity contribution in [1.82, 2.24) is 9.97 Å². The standard InChI is InChI=1S/C52H33NO.C42H29NO/c1-4-16-34(17-5-1)49-41-22-10-12-24-43(41)50(44-25-13-11-23-42(44)49)35-28-30-39-40-31-29-36(51-53-47-26-14-15-27-48(47)54-51)33-46(40)52(45(39)32-35,37-18-6-2-7-19-37)38-20-8-3-9-21-38;1-42(2)35-24-27(20-22-29(35)30-23-21-28(25-36(30)42)41-43-37-18-10-11-19-38(37)44-41)40-33-16-8-6-14-31(33)39(26-12-4-3-5-13-26)32-15-7-9-17-34(32)40/h1-33H;3-25H,1-2H3. The molecule has 0 atom stereocenters. The summed E-state index contributed by atoms with van der Waals surface area (Å²) in [6, 6.07) is 123. The van der Waals surface area contributed by atoms with Gasteiger partial charge in [0.15, 0.2) is 11.2 Å². The van der Waals surface area contributed by atoms with Gasteiger partial charge >= 0.3 is 0 Å². The molecule has 2 heterocycles. The summed E-state index contributed by atoms with van der Waals surface area (Å²) in [6.07, 6.45) is 0. The molecule has 0 bridgehead atoms. The van der Waals surface area contributed by atoms with Gasteiger partial charge in [-0.3, -0.25) is 0 Å². The molecule has 16 aromatic carbocycles. The van der Waals surface area contributed by atoms with E-state index in [0.29, 0.717) is 11.8 Å². The molecule has 0 saturated carbocycles. The second kappa shape index (κ2) is 22.6. The van der Waals surface area contributed by atoms with Crippen LogP contribution in [0.3, 0.4) is 0 Å². The largest absolute Gasteiger partial charge is 0.436 e. The van der Waals surface area contributed by atoms with Gasteiger partial charge in [-0.25, -0.2) is 9.97 Å². The lowest BCUT2D eigenvalue weighted by molar-refractivity contribution is 0.618. The van der Waals surface area contributed by atoms with E-state index in [-0.39, 0.29) is 5.41 Å². The van der Waals surface area contributed by atoms with Gasteiger partial charge in [0, 0.05) is 16.5 Å². The van der Waals surface area contributed by atoms with Crippen molar-refractivity contribution in [3.8, 4) is 89.7 Å². The van der Waals surface area contributed by atoms with Gasteiger partial charge in [-0.15, -0.1) is 0 Å². The Hall–Kier alpha value is -12.5. The van der Waals surface area contributed by atoms with Crippen LogP contribution in [-0.2, 0) is 10.8 Å². The molecule has 2 aliphatic rings. The van der Waals surface area contributed by atoms with Crippen LogP contribution in [0.4, 0.5) is 0 Å². The summed E-state index contributed by atoms with van der Waals surface area (Å²) in [5.41, 5.74) is 27.2. The van der Waals surface area contributed by atoms with Gasteiger partial charge in [-0.1, -0.05) is 293 Å². The number of hydrogen-bond acceptors (Lipinski definition) is 4. The normalized spacial score (nSPS) is 13.2. The first-order valence-electron chi connectivity index (χ1n) is 33.8. The minimum atomic E-state index is -0.596. The van der Waals surface area contributed by atoms with E-state index in [4.69, 9.17) is 18.8 Å². The van der Waals surface area contributed by atoms with E-state index >= 15 is 0 Å². The smallest absolute Gasteiger partial charge is 0.227 e. The molecule has 0 radical (unpaired) electrons. The highest BCUT2D eigenvalue weighted by Crippen LogP contribution is 2.59. The Morgan fingerprint density at radius 3 is 0.857 bits per heavy atom. The van der Waals surface area contributed by atoms with Gasteiger partial charge in [-0.05, 0) is 204 Å². The Bertz CT molecular complexity index is 5980. The summed E-state index contributed by atoms with van der Waals surface area (Å²) in [5, 5.41) is 10.1. The first kappa shape index (κ1) is 57.0. The van der Waals surface area contributed by atoms with E-state index in [9.17, 15) is 0 Å². The maximum absolute atomic E-state index is 6.36. The second-order valence-corrected chi connectivity index (χ2v) is 26.5. The highest BCUT2D eigenvalue weighted by Gasteiger charge is 2.47. The monoisotopic (exact) mass is 1250 g/mol. The summed E-state index contributed by atoms with van der Waals surface area (Å²) >= 11 is 0. The zero-order chi connectivity index (χ0) is 65.1. The Kier molecular flexibility index (Phi) is 13.1. The molecule has 0 fully saturated rings. The van der Waals surface area contributed by atoms with Gasteiger partial charge in [0.05, 0.1) is 5.41 Å². The zero-order valence-corrected chi connectivity index (χ0v) is 54.0. The molecule has 18 aromatic rings. The van der Waals surface area contributed by atoms with Crippen molar-refractivity contribution in [2.24, 2.45) is 0 Å². The minimum absolute atomic E-state index is 0.182. The van der Waals surface area contributed by atoms with Crippen molar-refractivity contribution in [1.29, 1.82) is 0 Å². The van der Waals surface area contributed by atoms with E-state index < -0.39 is 5.41 Å². The lowest BCUT2D eigenvalue weighted by Gasteiger charge is -2.34. The van der Waals surface area contributed by atoms with Crippen LogP contribution in [0, 0.1) is 0 Å². The molecule has 0 saturated heterocycles. The third-order valence-electron chi connectivity index (χ3n) is 20.9. The maximum atomic E-state index is 6.36. The Balaban J connectivity index is 0.000000140. The molecule has 98 heavy (non-hydrogen) atoms. The Labute approximate surface area is 568 Å². The van der Waals surface area contributed by atoms with E-state index in [2.05, 4.69) is 305 Å².